The van der Waals surface area contributed by atoms with Crippen molar-refractivity contribution in [2.45, 2.75) is 12.7 Å². The fraction of sp³-hybridized carbons (Fsp3) is 0.333. The number of hydrogen-bond acceptors (Lipinski definition) is 6. The molecule has 1 aromatic heterocycles. The highest BCUT2D eigenvalue weighted by atomic mass is 19.4. The lowest BCUT2D eigenvalue weighted by molar-refractivity contribution is -0.137. The maximum atomic E-state index is 13.2. The fourth-order valence-corrected chi connectivity index (χ4v) is 4.18. The number of nitrogens with zero attached hydrogens (tertiary/aromatic N) is 3. The number of methoxy groups -OCH3 is 2. The van der Waals surface area contributed by atoms with Crippen LogP contribution in [0.25, 0.3) is 11.3 Å². The second-order valence-electron chi connectivity index (χ2n) is 8.81. The van der Waals surface area contributed by atoms with Crippen LogP contribution < -0.4 is 19.7 Å². The molecular weight excluding hydrogens is 485 g/mol. The van der Waals surface area contributed by atoms with Crippen molar-refractivity contribution in [2.75, 3.05) is 52.3 Å². The minimum atomic E-state index is -4.45. The number of nitrogens with one attached hydrogen (secondary N) is 1. The number of carbonyl (C=O) groups is 1. The van der Waals surface area contributed by atoms with E-state index in [2.05, 4.69) is 15.1 Å². The Hall–Kier alpha value is -3.79. The molecule has 1 fully saturated rings. The number of amides is 1. The summed E-state index contributed by atoms with van der Waals surface area (Å²) >= 11 is 0. The van der Waals surface area contributed by atoms with Crippen molar-refractivity contribution in [2.24, 2.45) is 0 Å². The van der Waals surface area contributed by atoms with Gasteiger partial charge in [-0.15, -0.1) is 0 Å². The molecule has 0 bridgehead atoms. The number of halogens is 3. The quantitative estimate of drug-likeness (QED) is 0.502. The molecule has 1 amide bonds. The Bertz CT molecular complexity index is 1260. The first-order valence-corrected chi connectivity index (χ1v) is 11.8. The van der Waals surface area contributed by atoms with Gasteiger partial charge < -0.3 is 24.6 Å². The van der Waals surface area contributed by atoms with Crippen LogP contribution in [0.5, 0.6) is 11.5 Å². The van der Waals surface area contributed by atoms with Crippen molar-refractivity contribution >= 4 is 11.7 Å². The van der Waals surface area contributed by atoms with Gasteiger partial charge in [0, 0.05) is 38.3 Å². The number of rotatable bonds is 7. The molecule has 37 heavy (non-hydrogen) atoms. The number of hydrogen-bond donors (Lipinski definition) is 1. The fourth-order valence-electron chi connectivity index (χ4n) is 4.18. The molecule has 0 radical (unpaired) electrons. The van der Waals surface area contributed by atoms with Crippen molar-refractivity contribution < 1.29 is 27.4 Å². The Morgan fingerprint density at radius 2 is 1.76 bits per heavy atom. The van der Waals surface area contributed by atoms with Crippen LogP contribution in [0.15, 0.2) is 54.6 Å². The second-order valence-corrected chi connectivity index (χ2v) is 8.81. The number of aromatic nitrogens is 1. The number of carbonyl (C=O) groups excluding carboxylic acids is 1. The number of piperazine rings is 1. The Balaban J connectivity index is 1.65. The molecule has 0 spiro atoms. The smallest absolute Gasteiger partial charge is 0.416 e. The van der Waals surface area contributed by atoms with Crippen LogP contribution in [0.1, 0.15) is 21.5 Å². The summed E-state index contributed by atoms with van der Waals surface area (Å²) in [4.78, 5) is 22.3. The van der Waals surface area contributed by atoms with Crippen LogP contribution in [-0.4, -0.2) is 63.2 Å². The molecule has 0 saturated carbocycles. The van der Waals surface area contributed by atoms with E-state index in [1.807, 2.05) is 13.1 Å². The van der Waals surface area contributed by atoms with E-state index in [0.29, 0.717) is 52.8 Å². The molecule has 1 aliphatic rings. The standard InChI is InChI=1S/C27H29F3N4O3/c1-33-11-13-34(14-12-33)25-21(26(35)31-17-18-5-4-6-19(15-18)27(28,29)30)8-9-23(32-25)22-16-20(36-2)7-10-24(22)37-3/h4-10,15-16H,11-14,17H2,1-3H3,(H,31,35). The lowest BCUT2D eigenvalue weighted by atomic mass is 10.1. The minimum Gasteiger partial charge on any atom is -0.497 e. The molecule has 10 heteroatoms. The minimum absolute atomic E-state index is 0.0452. The molecule has 4 rings (SSSR count). The van der Waals surface area contributed by atoms with E-state index in [0.717, 1.165) is 25.2 Å². The van der Waals surface area contributed by atoms with Crippen molar-refractivity contribution in [3.63, 3.8) is 0 Å². The van der Waals surface area contributed by atoms with Crippen LogP contribution >= 0.6 is 0 Å². The molecule has 196 valence electrons. The number of benzene rings is 2. The van der Waals surface area contributed by atoms with E-state index < -0.39 is 17.6 Å². The molecule has 1 N–H and O–H groups in total. The molecule has 0 atom stereocenters. The van der Waals surface area contributed by atoms with Gasteiger partial charge in [0.1, 0.15) is 17.3 Å². The summed E-state index contributed by atoms with van der Waals surface area (Å²) in [7, 11) is 5.18. The van der Waals surface area contributed by atoms with E-state index in [9.17, 15) is 18.0 Å². The van der Waals surface area contributed by atoms with Crippen LogP contribution in [0.3, 0.4) is 0 Å². The van der Waals surface area contributed by atoms with E-state index >= 15 is 0 Å². The first kappa shape index (κ1) is 26.3. The average molecular weight is 515 g/mol. The normalized spacial score (nSPS) is 14.4. The molecule has 2 heterocycles. The van der Waals surface area contributed by atoms with Gasteiger partial charge in [0.05, 0.1) is 31.0 Å². The third-order valence-electron chi connectivity index (χ3n) is 6.31. The maximum absolute atomic E-state index is 13.2. The largest absolute Gasteiger partial charge is 0.497 e. The zero-order valence-corrected chi connectivity index (χ0v) is 20.9. The summed E-state index contributed by atoms with van der Waals surface area (Å²) in [6.45, 7) is 2.92. The van der Waals surface area contributed by atoms with Gasteiger partial charge in [-0.25, -0.2) is 4.98 Å². The number of alkyl halides is 3. The highest BCUT2D eigenvalue weighted by Crippen LogP contribution is 2.34. The molecule has 0 aliphatic carbocycles. The molecule has 1 aliphatic heterocycles. The Morgan fingerprint density at radius 3 is 2.43 bits per heavy atom. The van der Waals surface area contributed by atoms with Gasteiger partial charge in [0.25, 0.3) is 5.91 Å². The number of ether oxygens (including phenoxy) is 2. The molecular formula is C27H29F3N4O3. The monoisotopic (exact) mass is 514 g/mol. The summed E-state index contributed by atoms with van der Waals surface area (Å²) in [5.74, 6) is 1.35. The summed E-state index contributed by atoms with van der Waals surface area (Å²) in [6, 6.07) is 13.8. The van der Waals surface area contributed by atoms with Crippen LogP contribution in [0.2, 0.25) is 0 Å². The summed E-state index contributed by atoms with van der Waals surface area (Å²) < 4.78 is 50.1. The van der Waals surface area contributed by atoms with E-state index in [-0.39, 0.29) is 6.54 Å². The third kappa shape index (κ3) is 6.14. The zero-order chi connectivity index (χ0) is 26.6. The first-order valence-electron chi connectivity index (χ1n) is 11.8. The van der Waals surface area contributed by atoms with Crippen molar-refractivity contribution in [3.05, 3.63) is 71.3 Å². The van der Waals surface area contributed by atoms with Crippen molar-refractivity contribution in [3.8, 4) is 22.8 Å². The summed E-state index contributed by atoms with van der Waals surface area (Å²) in [5.41, 5.74) is 1.28. The van der Waals surface area contributed by atoms with Gasteiger partial charge >= 0.3 is 6.18 Å². The predicted molar refractivity (Wildman–Crippen MR) is 135 cm³/mol. The maximum Gasteiger partial charge on any atom is 0.416 e. The molecule has 7 nitrogen and oxygen atoms in total. The lowest BCUT2D eigenvalue weighted by Crippen LogP contribution is -2.45. The molecule has 1 saturated heterocycles. The topological polar surface area (TPSA) is 66.9 Å². The highest BCUT2D eigenvalue weighted by molar-refractivity contribution is 5.99. The van der Waals surface area contributed by atoms with E-state index in [1.165, 1.54) is 6.07 Å². The number of likely N-dealkylation sites (N-methyl/N-ethyl adjacent to an activating group) is 1. The zero-order valence-electron chi connectivity index (χ0n) is 20.9. The second kappa shape index (κ2) is 11.1. The summed E-state index contributed by atoms with van der Waals surface area (Å²) in [5, 5.41) is 2.75. The number of pyridine rings is 1. The van der Waals surface area contributed by atoms with Crippen molar-refractivity contribution in [1.82, 2.24) is 15.2 Å². The van der Waals surface area contributed by atoms with Crippen LogP contribution in [0, 0.1) is 0 Å². The van der Waals surface area contributed by atoms with Gasteiger partial charge in [-0.1, -0.05) is 12.1 Å². The molecule has 3 aromatic rings. The predicted octanol–water partition coefficient (Wildman–Crippen LogP) is 4.47. The summed E-state index contributed by atoms with van der Waals surface area (Å²) in [6.07, 6.45) is -4.45. The average Bonchev–Trinajstić information content (AvgIpc) is 2.91. The Morgan fingerprint density at radius 1 is 1.00 bits per heavy atom. The van der Waals surface area contributed by atoms with Crippen LogP contribution in [0.4, 0.5) is 19.0 Å². The van der Waals surface area contributed by atoms with Crippen molar-refractivity contribution in [1.29, 1.82) is 0 Å². The van der Waals surface area contributed by atoms with E-state index in [1.54, 1.807) is 44.6 Å². The van der Waals surface area contributed by atoms with Gasteiger partial charge in [0.2, 0.25) is 0 Å². The Labute approximate surface area is 213 Å². The van der Waals surface area contributed by atoms with E-state index in [4.69, 9.17) is 14.5 Å². The third-order valence-corrected chi connectivity index (χ3v) is 6.31. The lowest BCUT2D eigenvalue weighted by Gasteiger charge is -2.34. The van der Waals surface area contributed by atoms with Crippen LogP contribution in [-0.2, 0) is 12.7 Å². The van der Waals surface area contributed by atoms with Gasteiger partial charge in [0.15, 0.2) is 0 Å². The highest BCUT2D eigenvalue weighted by Gasteiger charge is 2.30. The number of anilines is 1. The molecule has 2 aromatic carbocycles. The molecule has 0 unspecified atom stereocenters. The SMILES string of the molecule is COc1ccc(OC)c(-c2ccc(C(=O)NCc3cccc(C(F)(F)F)c3)c(N3CCN(C)CC3)n2)c1. The Kier molecular flexibility index (Phi) is 7.87. The van der Waals surface area contributed by atoms with Gasteiger partial charge in [-0.05, 0) is 55.1 Å². The first-order chi connectivity index (χ1) is 17.7. The van der Waals surface area contributed by atoms with Gasteiger partial charge in [-0.3, -0.25) is 4.79 Å². The van der Waals surface area contributed by atoms with Gasteiger partial charge in [-0.2, -0.15) is 13.2 Å².